The van der Waals surface area contributed by atoms with Crippen LogP contribution >= 0.6 is 0 Å². The van der Waals surface area contributed by atoms with Crippen LogP contribution in [0.2, 0.25) is 0 Å². The molecular formula is C7H11NO4. The number of rotatable bonds is 3. The monoisotopic (exact) mass is 173 g/mol. The Bertz CT molecular complexity index is 192. The molecule has 0 spiro atoms. The Morgan fingerprint density at radius 1 is 1.75 bits per heavy atom. The highest BCUT2D eigenvalue weighted by molar-refractivity contribution is 5.85. The van der Waals surface area contributed by atoms with E-state index in [-0.39, 0.29) is 24.9 Å². The summed E-state index contributed by atoms with van der Waals surface area (Å²) in [6.45, 7) is 0.163. The van der Waals surface area contributed by atoms with Crippen LogP contribution in [0.5, 0.6) is 0 Å². The van der Waals surface area contributed by atoms with Crippen LogP contribution in [0.3, 0.4) is 0 Å². The Labute approximate surface area is 69.7 Å². The van der Waals surface area contributed by atoms with E-state index >= 15 is 0 Å². The van der Waals surface area contributed by atoms with Crippen molar-refractivity contribution in [1.82, 2.24) is 5.32 Å². The zero-order valence-corrected chi connectivity index (χ0v) is 6.58. The fraction of sp³-hybridized carbons (Fsp3) is 0.714. The molecule has 0 aromatic carbocycles. The summed E-state index contributed by atoms with van der Waals surface area (Å²) >= 11 is 0. The summed E-state index contributed by atoms with van der Waals surface area (Å²) in [5.74, 6) is -0.706. The molecule has 1 rings (SSSR count). The molecule has 0 saturated carbocycles. The molecule has 5 nitrogen and oxygen atoms in total. The Morgan fingerprint density at radius 3 is 3.00 bits per heavy atom. The predicted molar refractivity (Wildman–Crippen MR) is 39.2 cm³/mol. The number of aliphatic hydroxyl groups excluding tert-OH is 1. The van der Waals surface area contributed by atoms with Crippen molar-refractivity contribution in [3.8, 4) is 0 Å². The molecule has 0 aromatic heterocycles. The third-order valence-electron chi connectivity index (χ3n) is 1.61. The first-order valence-corrected chi connectivity index (χ1v) is 3.81. The molecule has 1 aliphatic heterocycles. The molecule has 2 N–H and O–H groups in total. The highest BCUT2D eigenvalue weighted by Gasteiger charge is 2.27. The fourth-order valence-electron chi connectivity index (χ4n) is 0.995. The molecule has 1 atom stereocenters. The smallest absolute Gasteiger partial charge is 0.328 e. The zero-order valence-electron chi connectivity index (χ0n) is 6.58. The number of hydrogen-bond acceptors (Lipinski definition) is 4. The maximum atomic E-state index is 10.9. The van der Waals surface area contributed by atoms with Crippen LogP contribution in [0.1, 0.15) is 12.8 Å². The second kappa shape index (κ2) is 4.06. The number of nitrogens with one attached hydrogen (secondary N) is 1. The van der Waals surface area contributed by atoms with Crippen LogP contribution < -0.4 is 5.32 Å². The van der Waals surface area contributed by atoms with Gasteiger partial charge in [0.2, 0.25) is 5.91 Å². The minimum atomic E-state index is -0.510. The summed E-state index contributed by atoms with van der Waals surface area (Å²) in [6.07, 6.45) is 0.555. The zero-order chi connectivity index (χ0) is 8.97. The van der Waals surface area contributed by atoms with Crippen LogP contribution in [0.15, 0.2) is 0 Å². The van der Waals surface area contributed by atoms with Crippen LogP contribution in [0.4, 0.5) is 0 Å². The van der Waals surface area contributed by atoms with E-state index in [1.165, 1.54) is 0 Å². The molecule has 12 heavy (non-hydrogen) atoms. The van der Waals surface area contributed by atoms with Crippen molar-refractivity contribution >= 4 is 11.9 Å². The van der Waals surface area contributed by atoms with Gasteiger partial charge in [0.05, 0.1) is 13.2 Å². The molecule has 0 aliphatic carbocycles. The van der Waals surface area contributed by atoms with Gasteiger partial charge in [0.25, 0.3) is 0 Å². The number of carbonyl (C=O) groups is 2. The van der Waals surface area contributed by atoms with Gasteiger partial charge in [-0.2, -0.15) is 0 Å². The first kappa shape index (κ1) is 8.99. The van der Waals surface area contributed by atoms with Crippen LogP contribution in [0, 0.1) is 0 Å². The van der Waals surface area contributed by atoms with E-state index < -0.39 is 6.04 Å². The van der Waals surface area contributed by atoms with Crippen LogP contribution in [-0.4, -0.2) is 36.2 Å². The lowest BCUT2D eigenvalue weighted by Gasteiger charge is -2.06. The molecule has 0 aromatic rings. The Balaban J connectivity index is 2.30. The number of amides is 1. The normalized spacial score (nSPS) is 22.1. The van der Waals surface area contributed by atoms with Crippen molar-refractivity contribution in [2.75, 3.05) is 13.2 Å². The first-order chi connectivity index (χ1) is 5.74. The molecule has 1 amide bonds. The fourth-order valence-corrected chi connectivity index (χ4v) is 0.995. The second-order valence-corrected chi connectivity index (χ2v) is 2.55. The van der Waals surface area contributed by atoms with Gasteiger partial charge in [0, 0.05) is 12.8 Å². The van der Waals surface area contributed by atoms with E-state index in [9.17, 15) is 9.59 Å². The lowest BCUT2D eigenvalue weighted by atomic mass is 10.2. The third-order valence-corrected chi connectivity index (χ3v) is 1.61. The predicted octanol–water partition coefficient (Wildman–Crippen LogP) is -1.20. The number of hydrogen-bond donors (Lipinski definition) is 2. The average molecular weight is 173 g/mol. The van der Waals surface area contributed by atoms with Crippen molar-refractivity contribution in [3.63, 3.8) is 0 Å². The van der Waals surface area contributed by atoms with E-state index in [4.69, 9.17) is 5.11 Å². The average Bonchev–Trinajstić information content (AvgIpc) is 2.37. The van der Waals surface area contributed by atoms with Crippen LogP contribution in [-0.2, 0) is 14.3 Å². The highest BCUT2D eigenvalue weighted by Crippen LogP contribution is 2.05. The van der Waals surface area contributed by atoms with Gasteiger partial charge in [-0.1, -0.05) is 0 Å². The van der Waals surface area contributed by atoms with Crippen LogP contribution in [0.25, 0.3) is 0 Å². The van der Waals surface area contributed by atoms with Crippen molar-refractivity contribution in [3.05, 3.63) is 0 Å². The number of carbonyl (C=O) groups excluding carboxylic acids is 2. The van der Waals surface area contributed by atoms with E-state index in [1.807, 2.05) is 0 Å². The van der Waals surface area contributed by atoms with Crippen molar-refractivity contribution in [1.29, 1.82) is 0 Å². The minimum Gasteiger partial charge on any atom is -0.464 e. The topological polar surface area (TPSA) is 75.6 Å². The molecular weight excluding hydrogens is 162 g/mol. The first-order valence-electron chi connectivity index (χ1n) is 3.81. The number of aliphatic hydroxyl groups is 1. The summed E-state index contributed by atoms with van der Waals surface area (Å²) in [4.78, 5) is 21.7. The SMILES string of the molecule is O=C(CCO)NC1CCOC1=O. The number of ether oxygens (including phenoxy) is 1. The Kier molecular flexibility index (Phi) is 3.04. The molecule has 1 unspecified atom stereocenters. The van der Waals surface area contributed by atoms with Gasteiger partial charge < -0.3 is 15.2 Å². The molecule has 1 fully saturated rings. The van der Waals surface area contributed by atoms with Gasteiger partial charge in [-0.25, -0.2) is 4.79 Å². The summed E-state index contributed by atoms with van der Waals surface area (Å²) in [7, 11) is 0. The van der Waals surface area contributed by atoms with Gasteiger partial charge in [-0.3, -0.25) is 4.79 Å². The largest absolute Gasteiger partial charge is 0.464 e. The second-order valence-electron chi connectivity index (χ2n) is 2.55. The van der Waals surface area contributed by atoms with Crippen molar-refractivity contribution in [2.24, 2.45) is 0 Å². The quantitative estimate of drug-likeness (QED) is 0.526. The number of cyclic esters (lactones) is 1. The van der Waals surface area contributed by atoms with Crippen molar-refractivity contribution in [2.45, 2.75) is 18.9 Å². The molecule has 0 bridgehead atoms. The third kappa shape index (κ3) is 2.20. The maximum absolute atomic E-state index is 10.9. The molecule has 5 heteroatoms. The molecule has 0 radical (unpaired) electrons. The van der Waals surface area contributed by atoms with Gasteiger partial charge in [-0.05, 0) is 0 Å². The minimum absolute atomic E-state index is 0.0315. The van der Waals surface area contributed by atoms with E-state index in [0.29, 0.717) is 13.0 Å². The lowest BCUT2D eigenvalue weighted by molar-refractivity contribution is -0.141. The standard InChI is InChI=1S/C7H11NO4/c9-3-1-6(10)8-5-2-4-12-7(5)11/h5,9H,1-4H2,(H,8,10). The summed E-state index contributed by atoms with van der Waals surface area (Å²) in [6, 6.07) is -0.510. The van der Waals surface area contributed by atoms with Gasteiger partial charge >= 0.3 is 5.97 Å². The molecule has 1 heterocycles. The summed E-state index contributed by atoms with van der Waals surface area (Å²) in [5, 5.41) is 10.9. The molecule has 1 saturated heterocycles. The maximum Gasteiger partial charge on any atom is 0.328 e. The van der Waals surface area contributed by atoms with Gasteiger partial charge in [-0.15, -0.1) is 0 Å². The summed E-state index contributed by atoms with van der Waals surface area (Å²) in [5.41, 5.74) is 0. The summed E-state index contributed by atoms with van der Waals surface area (Å²) < 4.78 is 4.63. The lowest BCUT2D eigenvalue weighted by Crippen LogP contribution is -2.38. The molecule has 68 valence electrons. The van der Waals surface area contributed by atoms with Gasteiger partial charge in [0.1, 0.15) is 6.04 Å². The van der Waals surface area contributed by atoms with E-state index in [0.717, 1.165) is 0 Å². The highest BCUT2D eigenvalue weighted by atomic mass is 16.5. The van der Waals surface area contributed by atoms with Crippen molar-refractivity contribution < 1.29 is 19.4 Å². The van der Waals surface area contributed by atoms with E-state index in [1.54, 1.807) is 0 Å². The van der Waals surface area contributed by atoms with E-state index in [2.05, 4.69) is 10.1 Å². The Morgan fingerprint density at radius 2 is 2.50 bits per heavy atom. The Hall–Kier alpha value is -1.10. The molecule has 1 aliphatic rings. The number of esters is 1. The van der Waals surface area contributed by atoms with Gasteiger partial charge in [0.15, 0.2) is 0 Å².